The van der Waals surface area contributed by atoms with E-state index >= 15 is 0 Å². The predicted octanol–water partition coefficient (Wildman–Crippen LogP) is 3.33. The van der Waals surface area contributed by atoms with E-state index in [4.69, 9.17) is 4.74 Å². The number of anilines is 2. The van der Waals surface area contributed by atoms with E-state index in [9.17, 15) is 43.5 Å². The molecule has 0 saturated carbocycles. The number of hydrogen-bond donors (Lipinski definition) is 7. The number of rotatable bonds is 23. The van der Waals surface area contributed by atoms with E-state index in [1.165, 1.54) is 12.2 Å². The number of aryl methyl sites for hydroxylation is 1. The van der Waals surface area contributed by atoms with Crippen LogP contribution in [0.3, 0.4) is 0 Å². The molecule has 65 heavy (non-hydrogen) atoms. The van der Waals surface area contributed by atoms with Crippen molar-refractivity contribution in [1.82, 2.24) is 26.2 Å². The summed E-state index contributed by atoms with van der Waals surface area (Å²) < 4.78 is 5.41. The summed E-state index contributed by atoms with van der Waals surface area (Å²) in [7, 11) is 0. The molecule has 1 aliphatic heterocycles. The van der Waals surface area contributed by atoms with Crippen molar-refractivity contribution < 1.29 is 48.2 Å². The molecule has 0 unspecified atom stereocenters. The Labute approximate surface area is 376 Å². The Kier molecular flexibility index (Phi) is 18.5. The van der Waals surface area contributed by atoms with Crippen LogP contribution in [0.15, 0.2) is 109 Å². The van der Waals surface area contributed by atoms with Gasteiger partial charge in [0.05, 0.1) is 26.2 Å². The lowest BCUT2D eigenvalue weighted by molar-refractivity contribution is -0.137. The van der Waals surface area contributed by atoms with Gasteiger partial charge in [0.25, 0.3) is 11.8 Å². The normalized spacial score (nSPS) is 12.2. The fourth-order valence-corrected chi connectivity index (χ4v) is 6.60. The van der Waals surface area contributed by atoms with E-state index in [2.05, 4.69) is 31.9 Å². The predicted molar refractivity (Wildman–Crippen MR) is 241 cm³/mol. The summed E-state index contributed by atoms with van der Waals surface area (Å²) >= 11 is 0. The smallest absolute Gasteiger partial charge is 0.411 e. The van der Waals surface area contributed by atoms with Gasteiger partial charge < -0.3 is 36.4 Å². The number of aliphatic hydroxyl groups excluding tert-OH is 1. The molecule has 0 spiro atoms. The van der Waals surface area contributed by atoms with Gasteiger partial charge in [-0.1, -0.05) is 90.8 Å². The highest BCUT2D eigenvalue weighted by Crippen LogP contribution is 2.21. The number of unbranched alkanes of at least 4 members (excludes halogenated alkanes) is 2. The zero-order valence-corrected chi connectivity index (χ0v) is 36.0. The lowest BCUT2D eigenvalue weighted by Gasteiger charge is -2.19. The first kappa shape index (κ1) is 48.4. The summed E-state index contributed by atoms with van der Waals surface area (Å²) in [4.78, 5) is 101. The first-order chi connectivity index (χ1) is 31.3. The number of imide groups is 1. The number of aliphatic hydroxyl groups is 1. The molecule has 7 N–H and O–H groups in total. The SMILES string of the molecule is Cc1ccc(Cc2ccc(CO)c(NC(=O)OCc3ccc(NC(=O)CNC(=O)[C@H](Cc4ccccc4)NC(=O)CNC(=O)CNC(=O)CCCCCN4C(=O)C=CC4=O)cc3)c2)cc1. The van der Waals surface area contributed by atoms with Gasteiger partial charge in [-0.05, 0) is 66.6 Å². The van der Waals surface area contributed by atoms with E-state index in [0.29, 0.717) is 48.2 Å². The number of nitrogens with one attached hydrogen (secondary N) is 6. The van der Waals surface area contributed by atoms with Gasteiger partial charge in [-0.3, -0.25) is 43.8 Å². The number of carbonyl (C=O) groups is 8. The zero-order chi connectivity index (χ0) is 46.6. The number of nitrogens with zero attached hydrogens (tertiary/aromatic N) is 1. The number of amides is 8. The van der Waals surface area contributed by atoms with Crippen molar-refractivity contribution in [3.05, 3.63) is 143 Å². The first-order valence-corrected chi connectivity index (χ1v) is 21.1. The fourth-order valence-electron chi connectivity index (χ4n) is 6.60. The molecule has 1 heterocycles. The van der Waals surface area contributed by atoms with Crippen LogP contribution in [0.2, 0.25) is 0 Å². The van der Waals surface area contributed by atoms with Gasteiger partial charge in [-0.15, -0.1) is 0 Å². The molecule has 0 fully saturated rings. The zero-order valence-electron chi connectivity index (χ0n) is 36.0. The Hall–Kier alpha value is -7.66. The molecular weight excluding hydrogens is 835 g/mol. The van der Waals surface area contributed by atoms with Crippen LogP contribution in [0.1, 0.15) is 59.1 Å². The van der Waals surface area contributed by atoms with Crippen LogP contribution in [0.5, 0.6) is 0 Å². The van der Waals surface area contributed by atoms with Gasteiger partial charge in [-0.25, -0.2) is 4.79 Å². The van der Waals surface area contributed by atoms with Crippen molar-refractivity contribution in [3.8, 4) is 0 Å². The molecule has 1 atom stereocenters. The van der Waals surface area contributed by atoms with Crippen molar-refractivity contribution >= 4 is 58.8 Å². The molecule has 17 nitrogen and oxygen atoms in total. The van der Waals surface area contributed by atoms with Crippen LogP contribution >= 0.6 is 0 Å². The van der Waals surface area contributed by atoms with Crippen molar-refractivity contribution in [2.75, 3.05) is 36.8 Å². The minimum absolute atomic E-state index is 0.0709. The van der Waals surface area contributed by atoms with Gasteiger partial charge in [-0.2, -0.15) is 0 Å². The molecular formula is C48H53N7O10. The molecule has 8 amide bonds. The molecule has 1 aliphatic rings. The van der Waals surface area contributed by atoms with Crippen molar-refractivity contribution in [1.29, 1.82) is 0 Å². The molecule has 340 valence electrons. The molecule has 5 rings (SSSR count). The van der Waals surface area contributed by atoms with Gasteiger partial charge in [0, 0.05) is 48.5 Å². The minimum Gasteiger partial charge on any atom is -0.444 e. The number of ether oxygens (including phenoxy) is 1. The first-order valence-electron chi connectivity index (χ1n) is 21.1. The van der Waals surface area contributed by atoms with Crippen LogP contribution in [0.4, 0.5) is 16.2 Å². The van der Waals surface area contributed by atoms with Crippen molar-refractivity contribution in [3.63, 3.8) is 0 Å². The summed E-state index contributed by atoms with van der Waals surface area (Å²) in [6, 6.07) is 28.0. The summed E-state index contributed by atoms with van der Waals surface area (Å²) in [5, 5.41) is 25.3. The quantitative estimate of drug-likeness (QED) is 0.0424. The molecule has 0 radical (unpaired) electrons. The molecule has 4 aromatic rings. The van der Waals surface area contributed by atoms with Crippen LogP contribution in [-0.2, 0) is 64.4 Å². The average Bonchev–Trinajstić information content (AvgIpc) is 3.62. The lowest BCUT2D eigenvalue weighted by atomic mass is 10.0. The third-order valence-corrected chi connectivity index (χ3v) is 10.2. The molecule has 0 aliphatic carbocycles. The topological polar surface area (TPSA) is 241 Å². The maximum absolute atomic E-state index is 13.3. The summed E-state index contributed by atoms with van der Waals surface area (Å²) in [6.07, 6.45) is 4.21. The van der Waals surface area contributed by atoms with E-state index in [-0.39, 0.29) is 56.9 Å². The molecule has 0 aromatic heterocycles. The Morgan fingerprint density at radius 3 is 2.00 bits per heavy atom. The van der Waals surface area contributed by atoms with Crippen molar-refractivity contribution in [2.45, 2.75) is 64.7 Å². The largest absolute Gasteiger partial charge is 0.444 e. The number of hydrogen-bond acceptors (Lipinski definition) is 10. The third-order valence-electron chi connectivity index (χ3n) is 10.2. The van der Waals surface area contributed by atoms with Gasteiger partial charge in [0.2, 0.25) is 29.5 Å². The fraction of sp³-hybridized carbons (Fsp3) is 0.292. The van der Waals surface area contributed by atoms with Gasteiger partial charge >= 0.3 is 6.09 Å². The molecule has 17 heteroatoms. The lowest BCUT2D eigenvalue weighted by Crippen LogP contribution is -2.52. The van der Waals surface area contributed by atoms with Gasteiger partial charge in [0.1, 0.15) is 12.6 Å². The monoisotopic (exact) mass is 887 g/mol. The van der Waals surface area contributed by atoms with E-state index in [1.807, 2.05) is 37.3 Å². The molecule has 0 saturated heterocycles. The van der Waals surface area contributed by atoms with E-state index in [0.717, 1.165) is 27.2 Å². The highest BCUT2D eigenvalue weighted by atomic mass is 16.5. The maximum atomic E-state index is 13.3. The summed E-state index contributed by atoms with van der Waals surface area (Å²) in [5.74, 6) is -3.57. The third kappa shape index (κ3) is 16.5. The van der Waals surface area contributed by atoms with Crippen LogP contribution in [0.25, 0.3) is 0 Å². The van der Waals surface area contributed by atoms with Crippen LogP contribution in [-0.4, -0.2) is 89.7 Å². The minimum atomic E-state index is -1.10. The Morgan fingerprint density at radius 2 is 1.29 bits per heavy atom. The number of benzene rings is 4. The Morgan fingerprint density at radius 1 is 0.646 bits per heavy atom. The summed E-state index contributed by atoms with van der Waals surface area (Å²) in [5.41, 5.74) is 5.99. The van der Waals surface area contributed by atoms with E-state index in [1.54, 1.807) is 66.7 Å². The Bertz CT molecular complexity index is 2330. The Balaban J connectivity index is 1.01. The standard InChI is InChI=1S/C48H53N7O10/c1-32-11-13-34(14-12-32)24-36-15-18-37(30-56)39(26-36)54-48(64)65-31-35-16-19-38(20-17-35)52-43(59)29-51-47(63)40(25-33-8-4-2-5-9-33)53-44(60)28-50-42(58)27-49-41(57)10-6-3-7-23-55-45(61)21-22-46(55)62/h2,4-5,8-9,11-22,26,40,56H,3,6-7,10,23-25,27-31H2,1H3,(H,49,57)(H,50,58)(H,51,63)(H,52,59)(H,53,60)(H,54,64)/t40-/m0/s1. The van der Waals surface area contributed by atoms with E-state index < -0.39 is 48.9 Å². The summed E-state index contributed by atoms with van der Waals surface area (Å²) in [6.45, 7) is 0.678. The van der Waals surface area contributed by atoms with Crippen LogP contribution < -0.4 is 31.9 Å². The second-order valence-electron chi connectivity index (χ2n) is 15.3. The average molecular weight is 888 g/mol. The van der Waals surface area contributed by atoms with Crippen molar-refractivity contribution in [2.24, 2.45) is 0 Å². The second-order valence-corrected chi connectivity index (χ2v) is 15.3. The maximum Gasteiger partial charge on any atom is 0.411 e. The highest BCUT2D eigenvalue weighted by molar-refractivity contribution is 6.12. The molecule has 0 bridgehead atoms. The van der Waals surface area contributed by atoms with Gasteiger partial charge in [0.15, 0.2) is 0 Å². The molecule has 4 aromatic carbocycles. The highest BCUT2D eigenvalue weighted by Gasteiger charge is 2.24. The second kappa shape index (κ2) is 24.8. The van der Waals surface area contributed by atoms with Crippen LogP contribution in [0, 0.1) is 6.92 Å². The number of carbonyl (C=O) groups excluding carboxylic acids is 8.